The van der Waals surface area contributed by atoms with Crippen LogP contribution in [0, 0.1) is 5.41 Å². The van der Waals surface area contributed by atoms with E-state index in [1.54, 1.807) is 0 Å². The number of amides is 1. The molecule has 2 aromatic rings. The number of anilines is 1. The van der Waals surface area contributed by atoms with Crippen molar-refractivity contribution in [1.29, 1.82) is 0 Å². The lowest BCUT2D eigenvalue weighted by Gasteiger charge is -2.41. The fourth-order valence-electron chi connectivity index (χ4n) is 4.18. The van der Waals surface area contributed by atoms with Crippen molar-refractivity contribution in [2.75, 3.05) is 37.7 Å². The van der Waals surface area contributed by atoms with Crippen molar-refractivity contribution < 1.29 is 9.53 Å². The SMILES string of the molecule is O=C(COc1ccccc1)N1CC[C@@]2(CCCN(c3ccccn3)C2)C1. The molecule has 5 heteroatoms. The largest absolute Gasteiger partial charge is 0.484 e. The molecule has 136 valence electrons. The number of aromatic nitrogens is 1. The second-order valence-corrected chi connectivity index (χ2v) is 7.38. The lowest BCUT2D eigenvalue weighted by molar-refractivity contribution is -0.132. The van der Waals surface area contributed by atoms with Gasteiger partial charge >= 0.3 is 0 Å². The van der Waals surface area contributed by atoms with Gasteiger partial charge in [0.25, 0.3) is 5.91 Å². The number of para-hydroxylation sites is 1. The standard InChI is InChI=1S/C21H25N3O2/c25-20(15-26-18-7-2-1-3-8-18)24-14-11-21(17-24)10-6-13-23(16-21)19-9-4-5-12-22-19/h1-5,7-9,12H,6,10-11,13-17H2/t21-/m1/s1. The zero-order valence-corrected chi connectivity index (χ0v) is 15.0. The molecule has 0 radical (unpaired) electrons. The van der Waals surface area contributed by atoms with Gasteiger partial charge in [-0.15, -0.1) is 0 Å². The maximum atomic E-state index is 12.6. The molecule has 2 fully saturated rings. The van der Waals surface area contributed by atoms with Crippen LogP contribution in [-0.4, -0.2) is 48.6 Å². The van der Waals surface area contributed by atoms with E-state index < -0.39 is 0 Å². The van der Waals surface area contributed by atoms with E-state index in [2.05, 4.69) is 16.0 Å². The monoisotopic (exact) mass is 351 g/mol. The predicted molar refractivity (Wildman–Crippen MR) is 101 cm³/mol. The molecular formula is C21H25N3O2. The maximum absolute atomic E-state index is 12.6. The van der Waals surface area contributed by atoms with Crippen molar-refractivity contribution in [1.82, 2.24) is 9.88 Å². The minimum atomic E-state index is 0.0840. The van der Waals surface area contributed by atoms with E-state index in [4.69, 9.17) is 4.74 Å². The summed E-state index contributed by atoms with van der Waals surface area (Å²) in [6.07, 6.45) is 5.24. The number of pyridine rings is 1. The van der Waals surface area contributed by atoms with Crippen LogP contribution in [0.4, 0.5) is 5.82 Å². The molecule has 4 rings (SSSR count). The Balaban J connectivity index is 1.35. The van der Waals surface area contributed by atoms with Gasteiger partial charge in [0.15, 0.2) is 6.61 Å². The number of carbonyl (C=O) groups is 1. The van der Waals surface area contributed by atoms with E-state index >= 15 is 0 Å². The van der Waals surface area contributed by atoms with Crippen LogP contribution >= 0.6 is 0 Å². The molecule has 26 heavy (non-hydrogen) atoms. The predicted octanol–water partition coefficient (Wildman–Crippen LogP) is 2.98. The third-order valence-corrected chi connectivity index (χ3v) is 5.53. The van der Waals surface area contributed by atoms with Crippen molar-refractivity contribution in [2.24, 2.45) is 5.41 Å². The minimum Gasteiger partial charge on any atom is -0.484 e. The lowest BCUT2D eigenvalue weighted by atomic mass is 9.79. The van der Waals surface area contributed by atoms with Crippen molar-refractivity contribution in [2.45, 2.75) is 19.3 Å². The summed E-state index contributed by atoms with van der Waals surface area (Å²) >= 11 is 0. The number of carbonyl (C=O) groups excluding carboxylic acids is 1. The molecule has 2 aliphatic heterocycles. The van der Waals surface area contributed by atoms with Gasteiger partial charge < -0.3 is 14.5 Å². The van der Waals surface area contributed by atoms with Gasteiger partial charge in [-0.2, -0.15) is 0 Å². The number of hydrogen-bond acceptors (Lipinski definition) is 4. The number of nitrogens with zero attached hydrogens (tertiary/aromatic N) is 3. The normalized spacial score (nSPS) is 22.6. The van der Waals surface area contributed by atoms with E-state index in [1.165, 1.54) is 6.42 Å². The lowest BCUT2D eigenvalue weighted by Crippen LogP contribution is -2.46. The summed E-state index contributed by atoms with van der Waals surface area (Å²) in [5.41, 5.74) is 0.193. The number of hydrogen-bond donors (Lipinski definition) is 0. The van der Waals surface area contributed by atoms with Gasteiger partial charge in [-0.1, -0.05) is 24.3 Å². The zero-order chi connectivity index (χ0) is 17.8. The quantitative estimate of drug-likeness (QED) is 0.850. The van der Waals surface area contributed by atoms with E-state index in [1.807, 2.05) is 53.6 Å². The van der Waals surface area contributed by atoms with Gasteiger partial charge in [0.05, 0.1) is 0 Å². The molecule has 0 saturated carbocycles. The van der Waals surface area contributed by atoms with Gasteiger partial charge in [-0.05, 0) is 43.5 Å². The van der Waals surface area contributed by atoms with Crippen molar-refractivity contribution >= 4 is 11.7 Å². The molecule has 1 aromatic carbocycles. The number of piperidine rings is 1. The van der Waals surface area contributed by atoms with Crippen LogP contribution in [0.2, 0.25) is 0 Å². The fraction of sp³-hybridized carbons (Fsp3) is 0.429. The molecular weight excluding hydrogens is 326 g/mol. The first kappa shape index (κ1) is 16.9. The van der Waals surface area contributed by atoms with Crippen LogP contribution in [-0.2, 0) is 4.79 Å². The Bertz CT molecular complexity index is 737. The molecule has 1 aromatic heterocycles. The molecule has 0 N–H and O–H groups in total. The number of likely N-dealkylation sites (tertiary alicyclic amines) is 1. The number of rotatable bonds is 4. The first-order valence-corrected chi connectivity index (χ1v) is 9.36. The third kappa shape index (κ3) is 3.66. The Morgan fingerprint density at radius 2 is 1.88 bits per heavy atom. The average molecular weight is 351 g/mol. The van der Waals surface area contributed by atoms with Crippen LogP contribution in [0.25, 0.3) is 0 Å². The molecule has 1 amide bonds. The van der Waals surface area contributed by atoms with Crippen molar-refractivity contribution in [3.63, 3.8) is 0 Å². The fourth-order valence-corrected chi connectivity index (χ4v) is 4.18. The van der Waals surface area contributed by atoms with Crippen molar-refractivity contribution in [3.8, 4) is 5.75 Å². The second kappa shape index (κ2) is 7.36. The Morgan fingerprint density at radius 3 is 2.69 bits per heavy atom. The van der Waals surface area contributed by atoms with Crippen LogP contribution in [0.3, 0.4) is 0 Å². The molecule has 3 heterocycles. The summed E-state index contributed by atoms with van der Waals surface area (Å²) in [6, 6.07) is 15.6. The van der Waals surface area contributed by atoms with Crippen LogP contribution in [0.1, 0.15) is 19.3 Å². The highest BCUT2D eigenvalue weighted by Gasteiger charge is 2.43. The topological polar surface area (TPSA) is 45.7 Å². The van der Waals surface area contributed by atoms with E-state index in [0.717, 1.165) is 50.6 Å². The first-order chi connectivity index (χ1) is 12.7. The molecule has 0 aliphatic carbocycles. The molecule has 5 nitrogen and oxygen atoms in total. The Kier molecular flexibility index (Phi) is 4.78. The summed E-state index contributed by atoms with van der Waals surface area (Å²) in [5.74, 6) is 1.87. The highest BCUT2D eigenvalue weighted by atomic mass is 16.5. The average Bonchev–Trinajstić information content (AvgIpc) is 3.11. The second-order valence-electron chi connectivity index (χ2n) is 7.38. The maximum Gasteiger partial charge on any atom is 0.260 e. The van der Waals surface area contributed by atoms with Gasteiger partial charge in [0, 0.05) is 37.8 Å². The van der Waals surface area contributed by atoms with E-state index in [0.29, 0.717) is 0 Å². The summed E-state index contributed by atoms with van der Waals surface area (Å²) in [4.78, 5) is 21.4. The van der Waals surface area contributed by atoms with Gasteiger partial charge in [-0.25, -0.2) is 4.98 Å². The van der Waals surface area contributed by atoms with Crippen LogP contribution in [0.5, 0.6) is 5.75 Å². The number of ether oxygens (including phenoxy) is 1. The third-order valence-electron chi connectivity index (χ3n) is 5.53. The smallest absolute Gasteiger partial charge is 0.260 e. The molecule has 2 saturated heterocycles. The summed E-state index contributed by atoms with van der Waals surface area (Å²) in [7, 11) is 0. The highest BCUT2D eigenvalue weighted by Crippen LogP contribution is 2.40. The summed E-state index contributed by atoms with van der Waals surface area (Å²) < 4.78 is 5.63. The molecule has 1 atom stereocenters. The minimum absolute atomic E-state index is 0.0840. The molecule has 2 aliphatic rings. The summed E-state index contributed by atoms with van der Waals surface area (Å²) in [6.45, 7) is 3.79. The van der Waals surface area contributed by atoms with E-state index in [9.17, 15) is 4.79 Å². The highest BCUT2D eigenvalue weighted by molar-refractivity contribution is 5.78. The molecule has 1 spiro atoms. The molecule has 0 bridgehead atoms. The van der Waals surface area contributed by atoms with Gasteiger partial charge in [0.2, 0.25) is 0 Å². The number of benzene rings is 1. The zero-order valence-electron chi connectivity index (χ0n) is 15.0. The van der Waals surface area contributed by atoms with E-state index in [-0.39, 0.29) is 17.9 Å². The van der Waals surface area contributed by atoms with Crippen LogP contribution < -0.4 is 9.64 Å². The van der Waals surface area contributed by atoms with Gasteiger partial charge in [-0.3, -0.25) is 4.79 Å². The van der Waals surface area contributed by atoms with Gasteiger partial charge in [0.1, 0.15) is 11.6 Å². The Hall–Kier alpha value is -2.56. The molecule has 0 unspecified atom stereocenters. The Labute approximate surface area is 154 Å². The van der Waals surface area contributed by atoms with Crippen LogP contribution in [0.15, 0.2) is 54.7 Å². The Morgan fingerprint density at radius 1 is 1.04 bits per heavy atom. The van der Waals surface area contributed by atoms with Crippen molar-refractivity contribution in [3.05, 3.63) is 54.7 Å². The summed E-state index contributed by atoms with van der Waals surface area (Å²) in [5, 5.41) is 0. The first-order valence-electron chi connectivity index (χ1n) is 9.36.